The topological polar surface area (TPSA) is 46.5 Å². The van der Waals surface area contributed by atoms with Crippen LogP contribution in [0.5, 0.6) is 11.5 Å². The molecule has 1 aromatic carbocycles. The Hall–Kier alpha value is -0.0500. The third kappa shape index (κ3) is 4.61. The zero-order valence-corrected chi connectivity index (χ0v) is 14.4. The monoisotopic (exact) mass is 462 g/mol. The summed E-state index contributed by atoms with van der Waals surface area (Å²) < 4.78 is 5.14. The minimum absolute atomic E-state index is 0.0590. The SMILES string of the molecule is CCCc1c(OC)ccc(C(C)=O)c1O.II. The summed E-state index contributed by atoms with van der Waals surface area (Å²) in [6, 6.07) is 3.32. The summed E-state index contributed by atoms with van der Waals surface area (Å²) in [7, 11) is 1.56. The Bertz CT molecular complexity index is 378. The molecule has 1 aromatic rings. The highest BCUT2D eigenvalue weighted by Crippen LogP contribution is 2.32. The third-order valence-electron chi connectivity index (χ3n) is 2.34. The average Bonchev–Trinajstić information content (AvgIpc) is 2.34. The maximum absolute atomic E-state index is 11.2. The highest BCUT2D eigenvalue weighted by atomic mass is 128. The minimum atomic E-state index is -0.132. The molecule has 0 spiro atoms. The predicted molar refractivity (Wildman–Crippen MR) is 86.7 cm³/mol. The largest absolute Gasteiger partial charge is 0.507 e. The predicted octanol–water partition coefficient (Wildman–Crippen LogP) is 4.33. The molecule has 0 aliphatic rings. The van der Waals surface area contributed by atoms with Gasteiger partial charge in [-0.25, -0.2) is 0 Å². The fourth-order valence-electron chi connectivity index (χ4n) is 1.58. The molecule has 0 saturated carbocycles. The number of carbonyl (C=O) groups is 1. The van der Waals surface area contributed by atoms with Gasteiger partial charge in [0.25, 0.3) is 0 Å². The van der Waals surface area contributed by atoms with Gasteiger partial charge in [0.2, 0.25) is 0 Å². The number of methoxy groups -OCH3 is 1. The van der Waals surface area contributed by atoms with E-state index in [0.29, 0.717) is 23.3 Å². The molecule has 17 heavy (non-hydrogen) atoms. The van der Waals surface area contributed by atoms with Gasteiger partial charge in [-0.15, -0.1) is 0 Å². The molecule has 0 atom stereocenters. The molecule has 1 rings (SSSR count). The second kappa shape index (κ2) is 8.96. The molecule has 0 aliphatic heterocycles. The van der Waals surface area contributed by atoms with Gasteiger partial charge in [0.1, 0.15) is 11.5 Å². The van der Waals surface area contributed by atoms with Gasteiger partial charge in [-0.1, -0.05) is 13.3 Å². The fourth-order valence-corrected chi connectivity index (χ4v) is 1.58. The van der Waals surface area contributed by atoms with Crippen LogP contribution in [0.2, 0.25) is 0 Å². The number of aromatic hydroxyl groups is 1. The van der Waals surface area contributed by atoms with Crippen molar-refractivity contribution in [3.05, 3.63) is 23.3 Å². The van der Waals surface area contributed by atoms with Crippen LogP contribution >= 0.6 is 37.2 Å². The molecule has 0 amide bonds. The number of phenolic OH excluding ortho intramolecular Hbond substituents is 1. The number of halogens is 2. The molecular formula is C12H16I2O3. The number of rotatable bonds is 4. The lowest BCUT2D eigenvalue weighted by molar-refractivity contribution is 0.101. The van der Waals surface area contributed by atoms with Crippen molar-refractivity contribution in [2.24, 2.45) is 0 Å². The molecule has 5 heteroatoms. The van der Waals surface area contributed by atoms with Gasteiger partial charge in [-0.3, -0.25) is 4.79 Å². The first kappa shape index (κ1) is 16.9. The van der Waals surface area contributed by atoms with Crippen LogP contribution in [0.4, 0.5) is 0 Å². The highest BCUT2D eigenvalue weighted by molar-refractivity contribution is 15.0. The standard InChI is InChI=1S/C12H16O3.I2/c1-4-5-10-11(15-3)7-6-9(8(2)13)12(10)14;1-2/h6-7,14H,4-5H2,1-3H3;. The minimum Gasteiger partial charge on any atom is -0.507 e. The van der Waals surface area contributed by atoms with Crippen LogP contribution in [0.1, 0.15) is 36.2 Å². The Kier molecular flexibility index (Phi) is 8.93. The van der Waals surface area contributed by atoms with E-state index in [0.717, 1.165) is 6.42 Å². The quantitative estimate of drug-likeness (QED) is 0.536. The summed E-state index contributed by atoms with van der Waals surface area (Å²) in [6.07, 6.45) is 1.60. The van der Waals surface area contributed by atoms with E-state index in [-0.39, 0.29) is 11.5 Å². The maximum atomic E-state index is 11.2. The second-order valence-electron chi connectivity index (χ2n) is 3.45. The summed E-state index contributed by atoms with van der Waals surface area (Å²) in [6.45, 7) is 3.45. The lowest BCUT2D eigenvalue weighted by atomic mass is 10.0. The van der Waals surface area contributed by atoms with Crippen molar-refractivity contribution in [2.45, 2.75) is 26.7 Å². The van der Waals surface area contributed by atoms with Gasteiger partial charge in [0.15, 0.2) is 5.78 Å². The van der Waals surface area contributed by atoms with Crippen LogP contribution in [-0.4, -0.2) is 18.0 Å². The van der Waals surface area contributed by atoms with E-state index in [1.165, 1.54) is 6.92 Å². The number of hydrogen-bond donors (Lipinski definition) is 1. The van der Waals surface area contributed by atoms with Crippen molar-refractivity contribution in [3.63, 3.8) is 0 Å². The first-order valence-corrected chi connectivity index (χ1v) is 11.4. The number of ketones is 1. The number of benzene rings is 1. The Morgan fingerprint density at radius 3 is 2.41 bits per heavy atom. The van der Waals surface area contributed by atoms with E-state index in [9.17, 15) is 9.90 Å². The highest BCUT2D eigenvalue weighted by Gasteiger charge is 2.14. The van der Waals surface area contributed by atoms with Crippen molar-refractivity contribution in [1.29, 1.82) is 0 Å². The van der Waals surface area contributed by atoms with Crippen molar-refractivity contribution in [2.75, 3.05) is 7.11 Å². The molecule has 0 bridgehead atoms. The summed E-state index contributed by atoms with van der Waals surface area (Å²) in [4.78, 5) is 11.2. The van der Waals surface area contributed by atoms with Gasteiger partial charge >= 0.3 is 0 Å². The lowest BCUT2D eigenvalue weighted by Crippen LogP contribution is -1.99. The maximum Gasteiger partial charge on any atom is 0.163 e. The Labute approximate surface area is 125 Å². The smallest absolute Gasteiger partial charge is 0.163 e. The Morgan fingerprint density at radius 1 is 1.41 bits per heavy atom. The number of Topliss-reactive ketones (excluding diaryl/α,β-unsaturated/α-hetero) is 1. The van der Waals surface area contributed by atoms with Crippen LogP contribution in [-0.2, 0) is 6.42 Å². The van der Waals surface area contributed by atoms with Crippen molar-refractivity contribution in [1.82, 2.24) is 0 Å². The number of ether oxygens (including phenoxy) is 1. The number of phenols is 1. The molecule has 0 unspecified atom stereocenters. The average molecular weight is 462 g/mol. The van der Waals surface area contributed by atoms with E-state index < -0.39 is 0 Å². The van der Waals surface area contributed by atoms with Gasteiger partial charge < -0.3 is 9.84 Å². The lowest BCUT2D eigenvalue weighted by Gasteiger charge is -2.11. The first-order valence-electron chi connectivity index (χ1n) is 5.15. The van der Waals surface area contributed by atoms with Crippen molar-refractivity contribution in [3.8, 4) is 11.5 Å². The molecule has 1 N–H and O–H groups in total. The van der Waals surface area contributed by atoms with Gasteiger partial charge in [0, 0.05) is 42.8 Å². The van der Waals surface area contributed by atoms with Crippen LogP contribution in [0.15, 0.2) is 12.1 Å². The zero-order chi connectivity index (χ0) is 13.4. The summed E-state index contributed by atoms with van der Waals surface area (Å²) in [5, 5.41) is 9.90. The van der Waals surface area contributed by atoms with Crippen LogP contribution in [0, 0.1) is 0 Å². The molecule has 0 heterocycles. The van der Waals surface area contributed by atoms with Crippen LogP contribution in [0.25, 0.3) is 0 Å². The number of carbonyl (C=O) groups excluding carboxylic acids is 1. The second-order valence-corrected chi connectivity index (χ2v) is 3.45. The molecule has 0 fully saturated rings. The molecular weight excluding hydrogens is 446 g/mol. The van der Waals surface area contributed by atoms with E-state index in [2.05, 4.69) is 37.2 Å². The third-order valence-corrected chi connectivity index (χ3v) is 2.34. The Balaban J connectivity index is 0.00000121. The van der Waals surface area contributed by atoms with E-state index in [4.69, 9.17) is 4.74 Å². The zero-order valence-electron chi connectivity index (χ0n) is 10.1. The fraction of sp³-hybridized carbons (Fsp3) is 0.417. The first-order chi connectivity index (χ1) is 8.11. The molecule has 96 valence electrons. The summed E-state index contributed by atoms with van der Waals surface area (Å²) in [5.41, 5.74) is 1.08. The Morgan fingerprint density at radius 2 is 2.00 bits per heavy atom. The van der Waals surface area contributed by atoms with E-state index in [1.807, 2.05) is 6.92 Å². The van der Waals surface area contributed by atoms with Crippen molar-refractivity contribution < 1.29 is 14.6 Å². The summed E-state index contributed by atoms with van der Waals surface area (Å²) >= 11 is 4.24. The summed E-state index contributed by atoms with van der Waals surface area (Å²) in [5.74, 6) is 0.565. The molecule has 0 saturated heterocycles. The van der Waals surface area contributed by atoms with E-state index >= 15 is 0 Å². The molecule has 3 nitrogen and oxygen atoms in total. The van der Waals surface area contributed by atoms with Gasteiger partial charge in [0.05, 0.1) is 12.7 Å². The van der Waals surface area contributed by atoms with Crippen LogP contribution in [0.3, 0.4) is 0 Å². The van der Waals surface area contributed by atoms with Crippen molar-refractivity contribution >= 4 is 43.0 Å². The normalized spacial score (nSPS) is 9.24. The van der Waals surface area contributed by atoms with Gasteiger partial charge in [-0.05, 0) is 25.5 Å². The van der Waals surface area contributed by atoms with Gasteiger partial charge in [-0.2, -0.15) is 0 Å². The van der Waals surface area contributed by atoms with Crippen LogP contribution < -0.4 is 4.74 Å². The molecule has 0 aromatic heterocycles. The molecule has 0 radical (unpaired) electrons. The van der Waals surface area contributed by atoms with E-state index in [1.54, 1.807) is 19.2 Å². The molecule has 0 aliphatic carbocycles. The number of hydrogen-bond acceptors (Lipinski definition) is 3.